The second-order valence-corrected chi connectivity index (χ2v) is 13.4. The predicted molar refractivity (Wildman–Crippen MR) is 192 cm³/mol. The molecule has 274 valence electrons. The van der Waals surface area contributed by atoms with Crippen LogP contribution in [0.3, 0.4) is 0 Å². The molecule has 4 aromatic carbocycles. The average Bonchev–Trinajstić information content (AvgIpc) is 3.17. The van der Waals surface area contributed by atoms with Crippen molar-refractivity contribution >= 4 is 23.9 Å². The number of methoxy groups -OCH3 is 2. The number of aliphatic hydroxyl groups is 1. The van der Waals surface area contributed by atoms with Gasteiger partial charge in [0.1, 0.15) is 30.8 Å². The molecule has 0 heterocycles. The molecule has 1 unspecified atom stereocenters. The summed E-state index contributed by atoms with van der Waals surface area (Å²) in [5, 5.41) is 10.4. The van der Waals surface area contributed by atoms with Crippen molar-refractivity contribution in [2.45, 2.75) is 39.2 Å². The van der Waals surface area contributed by atoms with E-state index in [1.807, 2.05) is 48.5 Å². The minimum absolute atomic E-state index is 0.0322. The molecule has 0 radical (unpaired) electrons. The van der Waals surface area contributed by atoms with Crippen molar-refractivity contribution in [3.63, 3.8) is 0 Å². The number of benzene rings is 4. The molecule has 4 rings (SSSR count). The van der Waals surface area contributed by atoms with E-state index in [1.54, 1.807) is 21.0 Å². The van der Waals surface area contributed by atoms with Crippen LogP contribution in [0.15, 0.2) is 97.1 Å². The highest BCUT2D eigenvalue weighted by Crippen LogP contribution is 2.33. The first kappa shape index (κ1) is 39.1. The lowest BCUT2D eigenvalue weighted by atomic mass is 9.78. The summed E-state index contributed by atoms with van der Waals surface area (Å²) < 4.78 is 31.7. The van der Waals surface area contributed by atoms with Gasteiger partial charge in [0.05, 0.1) is 49.7 Å². The Bertz CT molecular complexity index is 1810. The standard InChI is InChI=1S/C41H44O11/c1-40(2,25-51-38(45)29-9-7-27(8-10-29)36(43)48-6)26-52-39(46)30-13-11-28(12-14-30)37(44)50-24-33(42)23-49-35-21-17-32(18-22-35)41(3,4)31-15-19-34(47-5)20-16-31/h7-22,33,42H,23-26H2,1-6H3. The van der Waals surface area contributed by atoms with Crippen molar-refractivity contribution in [3.05, 3.63) is 130 Å². The monoisotopic (exact) mass is 712 g/mol. The summed E-state index contributed by atoms with van der Waals surface area (Å²) >= 11 is 0. The molecule has 0 aliphatic carbocycles. The van der Waals surface area contributed by atoms with Crippen LogP contribution in [0.4, 0.5) is 0 Å². The Morgan fingerprint density at radius 2 is 0.923 bits per heavy atom. The molecular formula is C41H44O11. The van der Waals surface area contributed by atoms with Gasteiger partial charge in [-0.25, -0.2) is 19.2 Å². The zero-order chi connectivity index (χ0) is 37.9. The van der Waals surface area contributed by atoms with E-state index in [9.17, 15) is 24.3 Å². The molecular weight excluding hydrogens is 668 g/mol. The topological polar surface area (TPSA) is 144 Å². The van der Waals surface area contributed by atoms with Crippen molar-refractivity contribution in [1.29, 1.82) is 0 Å². The smallest absolute Gasteiger partial charge is 0.338 e. The van der Waals surface area contributed by atoms with Gasteiger partial charge >= 0.3 is 23.9 Å². The van der Waals surface area contributed by atoms with E-state index in [2.05, 4.69) is 18.6 Å². The number of ether oxygens (including phenoxy) is 6. The normalized spacial score (nSPS) is 11.9. The predicted octanol–water partition coefficient (Wildman–Crippen LogP) is 6.44. The maximum atomic E-state index is 12.7. The Morgan fingerprint density at radius 1 is 0.538 bits per heavy atom. The van der Waals surface area contributed by atoms with Gasteiger partial charge < -0.3 is 33.5 Å². The first-order valence-corrected chi connectivity index (χ1v) is 16.6. The number of hydrogen-bond acceptors (Lipinski definition) is 11. The fourth-order valence-corrected chi connectivity index (χ4v) is 4.97. The molecule has 0 amide bonds. The summed E-state index contributed by atoms with van der Waals surface area (Å²) in [5.41, 5.74) is 2.23. The summed E-state index contributed by atoms with van der Waals surface area (Å²) in [7, 11) is 2.90. The van der Waals surface area contributed by atoms with Gasteiger partial charge in [-0.15, -0.1) is 0 Å². The lowest BCUT2D eigenvalue weighted by molar-refractivity contribution is 0.00601. The van der Waals surface area contributed by atoms with Gasteiger partial charge in [-0.3, -0.25) is 0 Å². The van der Waals surface area contributed by atoms with Crippen LogP contribution >= 0.6 is 0 Å². The third kappa shape index (κ3) is 10.7. The molecule has 1 atom stereocenters. The second kappa shape index (κ2) is 17.5. The van der Waals surface area contributed by atoms with Crippen LogP contribution in [0.1, 0.15) is 80.3 Å². The van der Waals surface area contributed by atoms with Gasteiger partial charge in [-0.05, 0) is 83.9 Å². The Labute approximate surface area is 303 Å². The molecule has 1 N–H and O–H groups in total. The fourth-order valence-electron chi connectivity index (χ4n) is 4.97. The second-order valence-electron chi connectivity index (χ2n) is 13.4. The highest BCUT2D eigenvalue weighted by atomic mass is 16.6. The number of carbonyl (C=O) groups is 4. The van der Waals surface area contributed by atoms with Crippen LogP contribution in [0.2, 0.25) is 0 Å². The van der Waals surface area contributed by atoms with Crippen molar-refractivity contribution in [2.75, 3.05) is 40.6 Å². The van der Waals surface area contributed by atoms with Crippen molar-refractivity contribution in [2.24, 2.45) is 5.41 Å². The lowest BCUT2D eigenvalue weighted by Crippen LogP contribution is -2.28. The summed E-state index contributed by atoms with van der Waals surface area (Å²) in [4.78, 5) is 49.3. The van der Waals surface area contributed by atoms with E-state index < -0.39 is 35.4 Å². The zero-order valence-electron chi connectivity index (χ0n) is 30.2. The molecule has 11 heteroatoms. The maximum absolute atomic E-state index is 12.7. The first-order valence-electron chi connectivity index (χ1n) is 16.6. The van der Waals surface area contributed by atoms with Crippen LogP contribution in [0.25, 0.3) is 0 Å². The third-order valence-corrected chi connectivity index (χ3v) is 8.32. The number of carbonyl (C=O) groups excluding carboxylic acids is 4. The van der Waals surface area contributed by atoms with Crippen LogP contribution in [0, 0.1) is 5.41 Å². The first-order chi connectivity index (χ1) is 24.7. The van der Waals surface area contributed by atoms with Crippen molar-refractivity contribution in [1.82, 2.24) is 0 Å². The Morgan fingerprint density at radius 3 is 1.33 bits per heavy atom. The van der Waals surface area contributed by atoms with E-state index in [4.69, 9.17) is 23.7 Å². The number of aliphatic hydroxyl groups excluding tert-OH is 1. The van der Waals surface area contributed by atoms with E-state index >= 15 is 0 Å². The SMILES string of the molecule is COC(=O)c1ccc(C(=O)OCC(C)(C)COC(=O)c2ccc(C(=O)OCC(O)COc3ccc(C(C)(C)c4ccc(OC)cc4)cc3)cc2)cc1. The van der Waals surface area contributed by atoms with E-state index in [-0.39, 0.29) is 48.5 Å². The van der Waals surface area contributed by atoms with Crippen molar-refractivity contribution in [3.8, 4) is 11.5 Å². The molecule has 11 nitrogen and oxygen atoms in total. The summed E-state index contributed by atoms with van der Waals surface area (Å²) in [5.74, 6) is -1.04. The molecule has 4 aromatic rings. The minimum Gasteiger partial charge on any atom is -0.497 e. The van der Waals surface area contributed by atoms with E-state index in [0.717, 1.165) is 16.9 Å². The van der Waals surface area contributed by atoms with Gasteiger partial charge in [0, 0.05) is 10.8 Å². The summed E-state index contributed by atoms with van der Waals surface area (Å²) in [6, 6.07) is 27.1. The molecule has 0 aliphatic heterocycles. The fraction of sp³-hybridized carbons (Fsp3) is 0.317. The van der Waals surface area contributed by atoms with Crippen LogP contribution in [-0.2, 0) is 24.4 Å². The van der Waals surface area contributed by atoms with E-state index in [0.29, 0.717) is 11.3 Å². The van der Waals surface area contributed by atoms with E-state index in [1.165, 1.54) is 55.6 Å². The molecule has 0 aliphatic rings. The molecule has 0 saturated heterocycles. The lowest BCUT2D eigenvalue weighted by Gasteiger charge is -2.26. The molecule has 0 saturated carbocycles. The molecule has 52 heavy (non-hydrogen) atoms. The highest BCUT2D eigenvalue weighted by molar-refractivity contribution is 5.94. The minimum atomic E-state index is -1.07. The largest absolute Gasteiger partial charge is 0.497 e. The number of rotatable bonds is 16. The van der Waals surface area contributed by atoms with Gasteiger partial charge in [0.2, 0.25) is 0 Å². The summed E-state index contributed by atoms with van der Waals surface area (Å²) in [6.45, 7) is 7.36. The van der Waals surface area contributed by atoms with Crippen LogP contribution in [-0.4, -0.2) is 75.7 Å². The summed E-state index contributed by atoms with van der Waals surface area (Å²) in [6.07, 6.45) is -1.07. The Hall–Kier alpha value is -5.68. The van der Waals surface area contributed by atoms with Gasteiger partial charge in [0.25, 0.3) is 0 Å². The van der Waals surface area contributed by atoms with Gasteiger partial charge in [0.15, 0.2) is 0 Å². The Balaban J connectivity index is 1.18. The highest BCUT2D eigenvalue weighted by Gasteiger charge is 2.25. The van der Waals surface area contributed by atoms with Gasteiger partial charge in [-0.2, -0.15) is 0 Å². The molecule has 0 fully saturated rings. The van der Waals surface area contributed by atoms with Gasteiger partial charge in [-0.1, -0.05) is 52.0 Å². The number of esters is 4. The quantitative estimate of drug-likeness (QED) is 0.101. The van der Waals surface area contributed by atoms with Crippen LogP contribution < -0.4 is 9.47 Å². The maximum Gasteiger partial charge on any atom is 0.338 e. The average molecular weight is 713 g/mol. The van der Waals surface area contributed by atoms with Crippen molar-refractivity contribution < 1.29 is 52.7 Å². The third-order valence-electron chi connectivity index (χ3n) is 8.32. The zero-order valence-corrected chi connectivity index (χ0v) is 30.2. The molecule has 0 aromatic heterocycles. The Kier molecular flexibility index (Phi) is 13.2. The van der Waals surface area contributed by atoms with Crippen LogP contribution in [0.5, 0.6) is 11.5 Å². The number of hydrogen-bond donors (Lipinski definition) is 1. The molecule has 0 spiro atoms. The molecule has 0 bridgehead atoms.